The van der Waals surface area contributed by atoms with E-state index in [2.05, 4.69) is 25.7 Å². The van der Waals surface area contributed by atoms with Crippen LogP contribution in [-0.2, 0) is 33.4 Å². The summed E-state index contributed by atoms with van der Waals surface area (Å²) in [6, 6.07) is 1.76. The summed E-state index contributed by atoms with van der Waals surface area (Å²) in [5.74, 6) is -0.182. The molecule has 2 aliphatic rings. The van der Waals surface area contributed by atoms with E-state index in [9.17, 15) is 22.8 Å². The number of halogens is 4. The second kappa shape index (κ2) is 10.7. The SMILES string of the molecule is CCc1c(N2CCNCC2)c(=O)n2nc(C3=COCCO3)nc2n1CC(=O)Nc1ccc(C(F)(F)F)nc1Cl. The monoisotopic (exact) mass is 568 g/mol. The predicted molar refractivity (Wildman–Crippen MR) is 134 cm³/mol. The van der Waals surface area contributed by atoms with E-state index in [1.54, 1.807) is 4.57 Å². The van der Waals surface area contributed by atoms with Gasteiger partial charge in [-0.15, -0.1) is 5.10 Å². The Morgan fingerprint density at radius 3 is 2.62 bits per heavy atom. The van der Waals surface area contributed by atoms with Crippen LogP contribution in [0.1, 0.15) is 24.1 Å². The average molecular weight is 569 g/mol. The first-order valence-electron chi connectivity index (χ1n) is 12.1. The number of hydrogen-bond donors (Lipinski definition) is 2. The number of carbonyl (C=O) groups is 1. The number of ether oxygens (including phenoxy) is 2. The molecule has 1 amide bonds. The molecular formula is C23H24ClF3N8O4. The maximum Gasteiger partial charge on any atom is 0.433 e. The van der Waals surface area contributed by atoms with E-state index in [-0.39, 0.29) is 36.2 Å². The quantitative estimate of drug-likeness (QED) is 0.429. The molecule has 1 fully saturated rings. The van der Waals surface area contributed by atoms with E-state index in [4.69, 9.17) is 21.1 Å². The highest BCUT2D eigenvalue weighted by Gasteiger charge is 2.33. The van der Waals surface area contributed by atoms with Crippen LogP contribution in [0.3, 0.4) is 0 Å². The molecule has 0 spiro atoms. The third-order valence-electron chi connectivity index (χ3n) is 6.18. The molecule has 16 heteroatoms. The minimum absolute atomic E-state index is 0.0904. The van der Waals surface area contributed by atoms with Crippen LogP contribution < -0.4 is 21.1 Å². The molecule has 2 aliphatic heterocycles. The Morgan fingerprint density at radius 1 is 1.21 bits per heavy atom. The predicted octanol–water partition coefficient (Wildman–Crippen LogP) is 1.91. The van der Waals surface area contributed by atoms with Crippen LogP contribution in [0.4, 0.5) is 24.5 Å². The van der Waals surface area contributed by atoms with Crippen LogP contribution in [0, 0.1) is 0 Å². The molecule has 0 radical (unpaired) electrons. The molecule has 1 saturated heterocycles. The van der Waals surface area contributed by atoms with Crippen molar-refractivity contribution in [3.8, 4) is 0 Å². The van der Waals surface area contributed by atoms with Gasteiger partial charge in [0.25, 0.3) is 5.56 Å². The molecule has 0 unspecified atom stereocenters. The van der Waals surface area contributed by atoms with Crippen molar-refractivity contribution in [3.63, 3.8) is 0 Å². The molecule has 5 heterocycles. The number of aromatic nitrogens is 5. The standard InChI is InChI=1S/C23H24ClF3N8O4/c1-2-14-18(33-7-5-28-6-8-33)21(37)35-22(31-20(32-35)15-12-38-9-10-39-15)34(14)11-17(36)29-13-3-4-16(23(25,26)27)30-19(13)24/h3-4,12,28H,2,5-11H2,1H3,(H,29,36). The largest absolute Gasteiger partial charge is 0.494 e. The molecule has 0 atom stereocenters. The van der Waals surface area contributed by atoms with Crippen molar-refractivity contribution in [3.05, 3.63) is 51.1 Å². The van der Waals surface area contributed by atoms with Gasteiger partial charge in [0.2, 0.25) is 23.3 Å². The highest BCUT2D eigenvalue weighted by Crippen LogP contribution is 2.31. The van der Waals surface area contributed by atoms with Crippen LogP contribution in [-0.4, -0.2) is 69.4 Å². The van der Waals surface area contributed by atoms with E-state index in [1.807, 2.05) is 11.8 Å². The summed E-state index contributed by atoms with van der Waals surface area (Å²) in [6.07, 6.45) is -2.94. The Morgan fingerprint density at radius 2 is 1.97 bits per heavy atom. The molecule has 0 aromatic carbocycles. The average Bonchev–Trinajstić information content (AvgIpc) is 3.38. The number of nitrogens with one attached hydrogen (secondary N) is 2. The van der Waals surface area contributed by atoms with Crippen molar-refractivity contribution in [1.82, 2.24) is 29.5 Å². The second-order valence-electron chi connectivity index (χ2n) is 8.71. The number of alkyl halides is 3. The van der Waals surface area contributed by atoms with E-state index in [0.29, 0.717) is 50.6 Å². The number of rotatable bonds is 6. The van der Waals surface area contributed by atoms with Crippen molar-refractivity contribution in [2.45, 2.75) is 26.1 Å². The number of pyridine rings is 1. The zero-order valence-corrected chi connectivity index (χ0v) is 21.5. The van der Waals surface area contributed by atoms with Crippen LogP contribution in [0.15, 0.2) is 23.2 Å². The summed E-state index contributed by atoms with van der Waals surface area (Å²) in [4.78, 5) is 36.6. The molecular weight excluding hydrogens is 545 g/mol. The molecule has 3 aromatic rings. The van der Waals surface area contributed by atoms with E-state index in [0.717, 1.165) is 16.6 Å². The molecule has 12 nitrogen and oxygen atoms in total. The van der Waals surface area contributed by atoms with Gasteiger partial charge in [0.05, 0.1) is 11.4 Å². The van der Waals surface area contributed by atoms with Gasteiger partial charge >= 0.3 is 6.18 Å². The van der Waals surface area contributed by atoms with Crippen LogP contribution in [0.5, 0.6) is 0 Å². The van der Waals surface area contributed by atoms with Gasteiger partial charge in [0.1, 0.15) is 37.4 Å². The highest BCUT2D eigenvalue weighted by atomic mass is 35.5. The minimum atomic E-state index is -4.68. The normalized spacial score (nSPS) is 16.0. The van der Waals surface area contributed by atoms with Gasteiger partial charge in [-0.25, -0.2) is 4.98 Å². The molecule has 0 saturated carbocycles. The second-order valence-corrected chi connectivity index (χ2v) is 9.06. The van der Waals surface area contributed by atoms with Crippen molar-refractivity contribution >= 4 is 40.4 Å². The molecule has 208 valence electrons. The van der Waals surface area contributed by atoms with Crippen LogP contribution in [0.25, 0.3) is 11.5 Å². The Bertz CT molecular complexity index is 1500. The fourth-order valence-electron chi connectivity index (χ4n) is 4.43. The number of piperazine rings is 1. The third-order valence-corrected chi connectivity index (χ3v) is 6.47. The summed E-state index contributed by atoms with van der Waals surface area (Å²) in [7, 11) is 0. The van der Waals surface area contributed by atoms with Crippen LogP contribution in [0.2, 0.25) is 5.15 Å². The van der Waals surface area contributed by atoms with Gasteiger partial charge in [-0.2, -0.15) is 22.7 Å². The summed E-state index contributed by atoms with van der Waals surface area (Å²) in [5.41, 5.74) is -0.728. The number of amides is 1. The third kappa shape index (κ3) is 5.36. The number of fused-ring (bicyclic) bond motifs is 1. The first-order chi connectivity index (χ1) is 18.7. The summed E-state index contributed by atoms with van der Waals surface area (Å²) in [5, 5.41) is 9.59. The number of nitrogens with zero attached hydrogens (tertiary/aromatic N) is 6. The van der Waals surface area contributed by atoms with Crippen molar-refractivity contribution in [1.29, 1.82) is 0 Å². The highest BCUT2D eigenvalue weighted by molar-refractivity contribution is 6.32. The maximum absolute atomic E-state index is 13.7. The van der Waals surface area contributed by atoms with Gasteiger partial charge in [-0.05, 0) is 18.6 Å². The molecule has 2 N–H and O–H groups in total. The van der Waals surface area contributed by atoms with Gasteiger partial charge in [0.15, 0.2) is 5.15 Å². The first-order valence-corrected chi connectivity index (χ1v) is 12.5. The molecule has 39 heavy (non-hydrogen) atoms. The lowest BCUT2D eigenvalue weighted by Crippen LogP contribution is -2.47. The molecule has 3 aromatic heterocycles. The lowest BCUT2D eigenvalue weighted by Gasteiger charge is -2.31. The molecule has 0 bridgehead atoms. The van der Waals surface area contributed by atoms with Gasteiger partial charge < -0.3 is 29.6 Å². The maximum atomic E-state index is 13.7. The Balaban J connectivity index is 1.56. The number of carbonyl (C=O) groups excluding carboxylic acids is 1. The topological polar surface area (TPSA) is 128 Å². The van der Waals surface area contributed by atoms with Gasteiger partial charge in [-0.3, -0.25) is 9.59 Å². The fraction of sp³-hybridized carbons (Fsp3) is 0.435. The summed E-state index contributed by atoms with van der Waals surface area (Å²) in [6.45, 7) is 4.62. The summed E-state index contributed by atoms with van der Waals surface area (Å²) < 4.78 is 52.4. The van der Waals surface area contributed by atoms with Crippen molar-refractivity contribution in [2.75, 3.05) is 49.6 Å². The minimum Gasteiger partial charge on any atom is -0.494 e. The van der Waals surface area contributed by atoms with Crippen LogP contribution >= 0.6 is 11.6 Å². The Hall–Kier alpha value is -3.85. The first kappa shape index (κ1) is 26.7. The number of anilines is 2. The van der Waals surface area contributed by atoms with Gasteiger partial charge in [0, 0.05) is 26.2 Å². The fourth-order valence-corrected chi connectivity index (χ4v) is 4.63. The lowest BCUT2D eigenvalue weighted by atomic mass is 10.2. The Labute approximate surface area is 224 Å². The molecule has 0 aliphatic carbocycles. The molecule has 5 rings (SSSR count). The van der Waals surface area contributed by atoms with E-state index < -0.39 is 28.5 Å². The smallest absolute Gasteiger partial charge is 0.433 e. The number of hydrogen-bond acceptors (Lipinski definition) is 9. The lowest BCUT2D eigenvalue weighted by molar-refractivity contribution is -0.141. The van der Waals surface area contributed by atoms with E-state index in [1.165, 1.54) is 6.26 Å². The van der Waals surface area contributed by atoms with E-state index >= 15 is 0 Å². The van der Waals surface area contributed by atoms with Crippen molar-refractivity contribution < 1.29 is 27.4 Å². The van der Waals surface area contributed by atoms with Gasteiger partial charge in [-0.1, -0.05) is 18.5 Å². The van der Waals surface area contributed by atoms with Crippen molar-refractivity contribution in [2.24, 2.45) is 0 Å². The zero-order valence-electron chi connectivity index (χ0n) is 20.7. The summed E-state index contributed by atoms with van der Waals surface area (Å²) >= 11 is 5.93. The zero-order chi connectivity index (χ0) is 27.7. The Kier molecular flexibility index (Phi) is 7.36.